The zero-order valence-electron chi connectivity index (χ0n) is 11.7. The quantitative estimate of drug-likeness (QED) is 0.752. The van der Waals surface area contributed by atoms with Gasteiger partial charge in [-0.05, 0) is 11.1 Å². The second-order valence-electron chi connectivity index (χ2n) is 4.87. The maximum absolute atomic E-state index is 5.36. The molecule has 0 bridgehead atoms. The van der Waals surface area contributed by atoms with E-state index in [0.717, 1.165) is 52.5 Å². The Kier molecular flexibility index (Phi) is 6.30. The van der Waals surface area contributed by atoms with Gasteiger partial charge in [-0.1, -0.05) is 24.3 Å². The van der Waals surface area contributed by atoms with Gasteiger partial charge in [0.25, 0.3) is 0 Å². The van der Waals surface area contributed by atoms with Gasteiger partial charge in [0, 0.05) is 39.8 Å². The first-order valence-electron chi connectivity index (χ1n) is 6.96. The average molecular weight is 264 g/mol. The summed E-state index contributed by atoms with van der Waals surface area (Å²) in [5, 5.41) is 3.35. The third-order valence-corrected chi connectivity index (χ3v) is 3.34. The zero-order chi connectivity index (χ0) is 13.3. The van der Waals surface area contributed by atoms with E-state index < -0.39 is 0 Å². The van der Waals surface area contributed by atoms with Gasteiger partial charge in [0.2, 0.25) is 0 Å². The molecule has 1 aromatic carbocycles. The molecule has 1 aromatic rings. The van der Waals surface area contributed by atoms with Crippen LogP contribution in [-0.4, -0.2) is 51.5 Å². The van der Waals surface area contributed by atoms with E-state index in [1.165, 1.54) is 11.1 Å². The predicted molar refractivity (Wildman–Crippen MR) is 76.1 cm³/mol. The SMILES string of the molecule is COCCNCc1ccc(CN2CCOCC2)cc1. The smallest absolute Gasteiger partial charge is 0.0594 e. The second-order valence-corrected chi connectivity index (χ2v) is 4.87. The van der Waals surface area contributed by atoms with Gasteiger partial charge in [-0.2, -0.15) is 0 Å². The molecule has 0 spiro atoms. The number of nitrogens with one attached hydrogen (secondary N) is 1. The molecule has 1 aliphatic rings. The fraction of sp³-hybridized carbons (Fsp3) is 0.600. The number of methoxy groups -OCH3 is 1. The van der Waals surface area contributed by atoms with Gasteiger partial charge in [-0.15, -0.1) is 0 Å². The molecule has 0 saturated carbocycles. The highest BCUT2D eigenvalue weighted by Gasteiger charge is 2.10. The van der Waals surface area contributed by atoms with E-state index in [9.17, 15) is 0 Å². The molecule has 1 heterocycles. The van der Waals surface area contributed by atoms with E-state index in [1.807, 2.05) is 0 Å². The molecule has 0 atom stereocenters. The Bertz CT molecular complexity index is 348. The first kappa shape index (κ1) is 14.5. The summed E-state index contributed by atoms with van der Waals surface area (Å²) in [6.07, 6.45) is 0. The fourth-order valence-electron chi connectivity index (χ4n) is 2.19. The van der Waals surface area contributed by atoms with Crippen LogP contribution in [0.25, 0.3) is 0 Å². The number of rotatable bonds is 7. The van der Waals surface area contributed by atoms with Crippen molar-refractivity contribution in [1.29, 1.82) is 0 Å². The highest BCUT2D eigenvalue weighted by atomic mass is 16.5. The van der Waals surface area contributed by atoms with Crippen molar-refractivity contribution in [3.63, 3.8) is 0 Å². The molecule has 4 nitrogen and oxygen atoms in total. The predicted octanol–water partition coefficient (Wildman–Crippen LogP) is 1.25. The lowest BCUT2D eigenvalue weighted by molar-refractivity contribution is 0.0342. The van der Waals surface area contributed by atoms with Gasteiger partial charge in [0.15, 0.2) is 0 Å². The van der Waals surface area contributed by atoms with Crippen LogP contribution in [0.15, 0.2) is 24.3 Å². The molecule has 0 radical (unpaired) electrons. The third-order valence-electron chi connectivity index (χ3n) is 3.34. The van der Waals surface area contributed by atoms with E-state index in [4.69, 9.17) is 9.47 Å². The highest BCUT2D eigenvalue weighted by Crippen LogP contribution is 2.09. The maximum atomic E-state index is 5.36. The molecule has 0 aromatic heterocycles. The van der Waals surface area contributed by atoms with Crippen molar-refractivity contribution in [3.8, 4) is 0 Å². The van der Waals surface area contributed by atoms with Crippen molar-refractivity contribution < 1.29 is 9.47 Å². The molecule has 1 saturated heterocycles. The summed E-state index contributed by atoms with van der Waals surface area (Å²) >= 11 is 0. The van der Waals surface area contributed by atoms with Crippen molar-refractivity contribution in [2.45, 2.75) is 13.1 Å². The topological polar surface area (TPSA) is 33.7 Å². The van der Waals surface area contributed by atoms with Crippen LogP contribution in [0.2, 0.25) is 0 Å². The van der Waals surface area contributed by atoms with Crippen molar-refractivity contribution in [1.82, 2.24) is 10.2 Å². The molecular formula is C15H24N2O2. The molecule has 0 amide bonds. The first-order valence-corrected chi connectivity index (χ1v) is 6.96. The van der Waals surface area contributed by atoms with Crippen molar-refractivity contribution in [2.24, 2.45) is 0 Å². The lowest BCUT2D eigenvalue weighted by Gasteiger charge is -2.26. The summed E-state index contributed by atoms with van der Waals surface area (Å²) in [7, 11) is 1.72. The normalized spacial score (nSPS) is 16.7. The van der Waals surface area contributed by atoms with Crippen molar-refractivity contribution in [2.75, 3.05) is 46.6 Å². The summed E-state index contributed by atoms with van der Waals surface area (Å²) in [6, 6.07) is 8.86. The zero-order valence-corrected chi connectivity index (χ0v) is 11.7. The molecular weight excluding hydrogens is 240 g/mol. The minimum absolute atomic E-state index is 0.759. The lowest BCUT2D eigenvalue weighted by atomic mass is 10.1. The van der Waals surface area contributed by atoms with Crippen LogP contribution >= 0.6 is 0 Å². The molecule has 0 unspecified atom stereocenters. The van der Waals surface area contributed by atoms with Crippen LogP contribution in [0.1, 0.15) is 11.1 Å². The van der Waals surface area contributed by atoms with Gasteiger partial charge in [-0.3, -0.25) is 4.90 Å². The number of morpholine rings is 1. The molecule has 2 rings (SSSR count). The van der Waals surface area contributed by atoms with E-state index in [0.29, 0.717) is 0 Å². The Morgan fingerprint density at radius 2 is 1.84 bits per heavy atom. The molecule has 1 fully saturated rings. The molecule has 106 valence electrons. The van der Waals surface area contributed by atoms with Crippen LogP contribution in [0.3, 0.4) is 0 Å². The standard InChI is InChI=1S/C15H24N2O2/c1-18-9-6-16-12-14-2-4-15(5-3-14)13-17-7-10-19-11-8-17/h2-5,16H,6-13H2,1H3. The molecule has 1 aliphatic heterocycles. The van der Waals surface area contributed by atoms with Crippen LogP contribution in [0.4, 0.5) is 0 Å². The van der Waals surface area contributed by atoms with E-state index in [-0.39, 0.29) is 0 Å². The van der Waals surface area contributed by atoms with E-state index in [2.05, 4.69) is 34.5 Å². The molecule has 1 N–H and O–H groups in total. The molecule has 19 heavy (non-hydrogen) atoms. The third kappa shape index (κ3) is 5.28. The largest absolute Gasteiger partial charge is 0.383 e. The van der Waals surface area contributed by atoms with E-state index in [1.54, 1.807) is 7.11 Å². The highest BCUT2D eigenvalue weighted by molar-refractivity contribution is 5.22. The number of ether oxygens (including phenoxy) is 2. The molecule has 4 heteroatoms. The monoisotopic (exact) mass is 264 g/mol. The Labute approximate surface area is 115 Å². The summed E-state index contributed by atoms with van der Waals surface area (Å²) in [6.45, 7) is 7.40. The van der Waals surface area contributed by atoms with Crippen LogP contribution in [-0.2, 0) is 22.6 Å². The fourth-order valence-corrected chi connectivity index (χ4v) is 2.19. The minimum Gasteiger partial charge on any atom is -0.383 e. The summed E-state index contributed by atoms with van der Waals surface area (Å²) in [4.78, 5) is 2.44. The van der Waals surface area contributed by atoms with Gasteiger partial charge < -0.3 is 14.8 Å². The van der Waals surface area contributed by atoms with Gasteiger partial charge in [0.05, 0.1) is 19.8 Å². The summed E-state index contributed by atoms with van der Waals surface area (Å²) < 4.78 is 10.4. The van der Waals surface area contributed by atoms with E-state index >= 15 is 0 Å². The number of benzene rings is 1. The Balaban J connectivity index is 1.74. The van der Waals surface area contributed by atoms with Gasteiger partial charge in [-0.25, -0.2) is 0 Å². The lowest BCUT2D eigenvalue weighted by Crippen LogP contribution is -2.35. The second kappa shape index (κ2) is 8.27. The number of hydrogen-bond acceptors (Lipinski definition) is 4. The Morgan fingerprint density at radius 1 is 1.16 bits per heavy atom. The van der Waals surface area contributed by atoms with Crippen molar-refractivity contribution in [3.05, 3.63) is 35.4 Å². The van der Waals surface area contributed by atoms with Crippen LogP contribution in [0, 0.1) is 0 Å². The van der Waals surface area contributed by atoms with Crippen LogP contribution < -0.4 is 5.32 Å². The number of hydrogen-bond donors (Lipinski definition) is 1. The Morgan fingerprint density at radius 3 is 2.53 bits per heavy atom. The average Bonchev–Trinajstić information content (AvgIpc) is 2.46. The molecule has 0 aliphatic carbocycles. The number of nitrogens with zero attached hydrogens (tertiary/aromatic N) is 1. The Hall–Kier alpha value is -0.940. The van der Waals surface area contributed by atoms with Gasteiger partial charge >= 0.3 is 0 Å². The summed E-state index contributed by atoms with van der Waals surface area (Å²) in [5.74, 6) is 0. The van der Waals surface area contributed by atoms with Crippen LogP contribution in [0.5, 0.6) is 0 Å². The minimum atomic E-state index is 0.759. The summed E-state index contributed by atoms with van der Waals surface area (Å²) in [5.41, 5.74) is 2.70. The van der Waals surface area contributed by atoms with Crippen molar-refractivity contribution >= 4 is 0 Å². The first-order chi connectivity index (χ1) is 9.38. The van der Waals surface area contributed by atoms with Gasteiger partial charge in [0.1, 0.15) is 0 Å². The maximum Gasteiger partial charge on any atom is 0.0594 e.